The summed E-state index contributed by atoms with van der Waals surface area (Å²) in [5.41, 5.74) is 0. The third-order valence-corrected chi connectivity index (χ3v) is 2.82. The summed E-state index contributed by atoms with van der Waals surface area (Å²) >= 11 is 0. The molecule has 2 heteroatoms. The summed E-state index contributed by atoms with van der Waals surface area (Å²) in [6.45, 7) is 0. The first-order valence-electron chi connectivity index (χ1n) is 5.02. The van der Waals surface area contributed by atoms with Gasteiger partial charge >= 0.3 is 0 Å². The molecule has 70 valence electrons. The van der Waals surface area contributed by atoms with Crippen LogP contribution < -0.4 is 4.57 Å². The van der Waals surface area contributed by atoms with Crippen LogP contribution in [-0.2, 0) is 0 Å². The fourth-order valence-electron chi connectivity index (χ4n) is 2.07. The van der Waals surface area contributed by atoms with Crippen LogP contribution in [0.15, 0.2) is 30.6 Å². The van der Waals surface area contributed by atoms with E-state index < -0.39 is 0 Å². The summed E-state index contributed by atoms with van der Waals surface area (Å²) in [5, 5.41) is 9.80. The molecular formula is C11H16NO+. The largest absolute Gasteiger partial charge is 0.386 e. The Bertz CT molecular complexity index is 260. The van der Waals surface area contributed by atoms with E-state index in [-0.39, 0.29) is 6.10 Å². The molecule has 2 unspecified atom stereocenters. The zero-order valence-corrected chi connectivity index (χ0v) is 7.76. The van der Waals surface area contributed by atoms with Gasteiger partial charge in [-0.2, -0.15) is 4.57 Å². The van der Waals surface area contributed by atoms with Crippen molar-refractivity contribution in [2.75, 3.05) is 0 Å². The molecule has 1 N–H and O–H groups in total. The van der Waals surface area contributed by atoms with E-state index in [9.17, 15) is 5.11 Å². The van der Waals surface area contributed by atoms with Crippen LogP contribution in [0.1, 0.15) is 31.7 Å². The maximum Gasteiger partial charge on any atom is 0.183 e. The number of nitrogens with zero attached hydrogens (tertiary/aromatic N) is 1. The minimum absolute atomic E-state index is 0.152. The van der Waals surface area contributed by atoms with E-state index >= 15 is 0 Å². The molecule has 1 aliphatic carbocycles. The van der Waals surface area contributed by atoms with E-state index in [2.05, 4.69) is 4.57 Å². The molecule has 0 bridgehead atoms. The average Bonchev–Trinajstić information content (AvgIpc) is 2.20. The number of aliphatic hydroxyl groups excluding tert-OH is 1. The van der Waals surface area contributed by atoms with Gasteiger partial charge in [-0.25, -0.2) is 0 Å². The van der Waals surface area contributed by atoms with Crippen molar-refractivity contribution in [1.82, 2.24) is 0 Å². The highest BCUT2D eigenvalue weighted by atomic mass is 16.3. The normalized spacial score (nSPS) is 28.7. The number of hydrogen-bond donors (Lipinski definition) is 1. The van der Waals surface area contributed by atoms with Gasteiger partial charge in [0.2, 0.25) is 0 Å². The lowest BCUT2D eigenvalue weighted by Gasteiger charge is -2.22. The summed E-state index contributed by atoms with van der Waals surface area (Å²) in [4.78, 5) is 0. The fourth-order valence-corrected chi connectivity index (χ4v) is 2.07. The average molecular weight is 178 g/mol. The third kappa shape index (κ3) is 1.89. The maximum atomic E-state index is 9.80. The molecule has 1 heterocycles. The van der Waals surface area contributed by atoms with Crippen molar-refractivity contribution in [3.05, 3.63) is 30.6 Å². The Morgan fingerprint density at radius 1 is 1.00 bits per heavy atom. The summed E-state index contributed by atoms with van der Waals surface area (Å²) in [6.07, 6.45) is 8.40. The van der Waals surface area contributed by atoms with Crippen molar-refractivity contribution in [3.8, 4) is 0 Å². The summed E-state index contributed by atoms with van der Waals surface area (Å²) in [6, 6.07) is 6.34. The highest BCUT2D eigenvalue weighted by Gasteiger charge is 2.29. The lowest BCUT2D eigenvalue weighted by atomic mass is 9.92. The van der Waals surface area contributed by atoms with Gasteiger partial charge in [0.1, 0.15) is 6.10 Å². The van der Waals surface area contributed by atoms with Crippen molar-refractivity contribution in [1.29, 1.82) is 0 Å². The Morgan fingerprint density at radius 2 is 1.69 bits per heavy atom. The van der Waals surface area contributed by atoms with Crippen molar-refractivity contribution < 1.29 is 9.67 Å². The number of rotatable bonds is 1. The van der Waals surface area contributed by atoms with Crippen LogP contribution in [0.25, 0.3) is 0 Å². The first-order valence-corrected chi connectivity index (χ1v) is 5.02. The topological polar surface area (TPSA) is 24.1 Å². The maximum absolute atomic E-state index is 9.80. The SMILES string of the molecule is OC1CCCCC1[n+]1ccccc1. The number of hydrogen-bond acceptors (Lipinski definition) is 1. The smallest absolute Gasteiger partial charge is 0.183 e. The molecule has 0 radical (unpaired) electrons. The van der Waals surface area contributed by atoms with E-state index in [0.29, 0.717) is 6.04 Å². The van der Waals surface area contributed by atoms with Gasteiger partial charge in [0.15, 0.2) is 18.4 Å². The molecule has 1 fully saturated rings. The molecule has 0 saturated heterocycles. The second-order valence-corrected chi connectivity index (χ2v) is 3.74. The highest BCUT2D eigenvalue weighted by Crippen LogP contribution is 2.23. The summed E-state index contributed by atoms with van der Waals surface area (Å²) in [5.74, 6) is 0. The molecule has 0 spiro atoms. The predicted molar refractivity (Wildman–Crippen MR) is 50.1 cm³/mol. The molecule has 2 atom stereocenters. The van der Waals surface area contributed by atoms with Gasteiger partial charge in [-0.05, 0) is 12.8 Å². The number of pyridine rings is 1. The number of aliphatic hydroxyl groups is 1. The Hall–Kier alpha value is -0.890. The van der Waals surface area contributed by atoms with Crippen LogP contribution in [-0.4, -0.2) is 11.2 Å². The minimum atomic E-state index is -0.152. The highest BCUT2D eigenvalue weighted by molar-refractivity contribution is 4.85. The molecule has 0 amide bonds. The van der Waals surface area contributed by atoms with E-state index in [1.807, 2.05) is 30.6 Å². The van der Waals surface area contributed by atoms with E-state index in [1.54, 1.807) is 0 Å². The van der Waals surface area contributed by atoms with E-state index in [0.717, 1.165) is 12.8 Å². The Balaban J connectivity index is 2.15. The fraction of sp³-hybridized carbons (Fsp3) is 0.545. The van der Waals surface area contributed by atoms with Crippen molar-refractivity contribution >= 4 is 0 Å². The van der Waals surface area contributed by atoms with Crippen molar-refractivity contribution in [3.63, 3.8) is 0 Å². The van der Waals surface area contributed by atoms with Crippen LogP contribution in [0.3, 0.4) is 0 Å². The van der Waals surface area contributed by atoms with Crippen LogP contribution >= 0.6 is 0 Å². The molecule has 1 saturated carbocycles. The molecule has 2 nitrogen and oxygen atoms in total. The molecule has 2 rings (SSSR count). The molecule has 1 aliphatic rings. The lowest BCUT2D eigenvalue weighted by molar-refractivity contribution is -0.732. The van der Waals surface area contributed by atoms with Gasteiger partial charge in [-0.15, -0.1) is 0 Å². The summed E-state index contributed by atoms with van der Waals surface area (Å²) < 4.78 is 2.13. The summed E-state index contributed by atoms with van der Waals surface area (Å²) in [7, 11) is 0. The van der Waals surface area contributed by atoms with Gasteiger partial charge in [-0.1, -0.05) is 12.5 Å². The lowest BCUT2D eigenvalue weighted by Crippen LogP contribution is -2.46. The molecule has 1 aromatic rings. The Kier molecular flexibility index (Phi) is 2.60. The standard InChI is InChI=1S/C11H16NO/c13-11-7-3-2-6-10(11)12-8-4-1-5-9-12/h1,4-5,8-11,13H,2-3,6-7H2/q+1. The quantitative estimate of drug-likeness (QED) is 0.647. The van der Waals surface area contributed by atoms with Crippen LogP contribution in [0, 0.1) is 0 Å². The third-order valence-electron chi connectivity index (χ3n) is 2.82. The van der Waals surface area contributed by atoms with Crippen molar-refractivity contribution in [2.24, 2.45) is 0 Å². The minimum Gasteiger partial charge on any atom is -0.386 e. The van der Waals surface area contributed by atoms with Gasteiger partial charge in [0.05, 0.1) is 0 Å². The van der Waals surface area contributed by atoms with Gasteiger partial charge in [0, 0.05) is 18.6 Å². The molecule has 0 aliphatic heterocycles. The van der Waals surface area contributed by atoms with Gasteiger partial charge < -0.3 is 5.11 Å². The molecule has 0 aromatic carbocycles. The first-order chi connectivity index (χ1) is 6.38. The van der Waals surface area contributed by atoms with E-state index in [1.165, 1.54) is 12.8 Å². The molecule has 1 aromatic heterocycles. The van der Waals surface area contributed by atoms with Crippen LogP contribution in [0.2, 0.25) is 0 Å². The van der Waals surface area contributed by atoms with Gasteiger partial charge in [0.25, 0.3) is 0 Å². The first kappa shape index (κ1) is 8.70. The second-order valence-electron chi connectivity index (χ2n) is 3.74. The van der Waals surface area contributed by atoms with Gasteiger partial charge in [-0.3, -0.25) is 0 Å². The second kappa shape index (κ2) is 3.88. The number of aromatic nitrogens is 1. The predicted octanol–water partition coefficient (Wildman–Crippen LogP) is 1.45. The molecular weight excluding hydrogens is 162 g/mol. The van der Waals surface area contributed by atoms with Crippen LogP contribution in [0.5, 0.6) is 0 Å². The molecule has 13 heavy (non-hydrogen) atoms. The zero-order chi connectivity index (χ0) is 9.10. The Labute approximate surface area is 78.8 Å². The van der Waals surface area contributed by atoms with E-state index in [4.69, 9.17) is 0 Å². The Morgan fingerprint density at radius 3 is 2.38 bits per heavy atom. The monoisotopic (exact) mass is 178 g/mol. The zero-order valence-electron chi connectivity index (χ0n) is 7.76. The van der Waals surface area contributed by atoms with Crippen molar-refractivity contribution in [2.45, 2.75) is 37.8 Å². The van der Waals surface area contributed by atoms with Crippen LogP contribution in [0.4, 0.5) is 0 Å².